The van der Waals surface area contributed by atoms with Crippen molar-refractivity contribution in [2.45, 2.75) is 25.6 Å². The predicted molar refractivity (Wildman–Crippen MR) is 77.9 cm³/mol. The summed E-state index contributed by atoms with van der Waals surface area (Å²) in [5.74, 6) is -0.0881. The summed E-state index contributed by atoms with van der Waals surface area (Å²) in [7, 11) is -1.78. The zero-order valence-corrected chi connectivity index (χ0v) is 12.4. The highest BCUT2D eigenvalue weighted by molar-refractivity contribution is 7.88. The molecule has 1 aromatic carbocycles. The third-order valence-corrected chi connectivity index (χ3v) is 4.98. The first kappa shape index (κ1) is 15.1. The molecule has 100 valence electrons. The van der Waals surface area contributed by atoms with Gasteiger partial charge in [-0.25, -0.2) is 12.7 Å². The van der Waals surface area contributed by atoms with Gasteiger partial charge in [-0.15, -0.1) is 0 Å². The monoisotopic (exact) mass is 286 g/mol. The lowest BCUT2D eigenvalue weighted by Crippen LogP contribution is -2.34. The van der Waals surface area contributed by atoms with Crippen molar-refractivity contribution in [3.05, 3.63) is 35.4 Å². The maximum Gasteiger partial charge on any atom is 0.218 e. The number of sulfonamides is 1. The Balaban J connectivity index is 3.09. The Bertz CT molecular complexity index is 539. The molecule has 0 amide bonds. The average Bonchev–Trinajstić information content (AvgIpc) is 2.27. The van der Waals surface area contributed by atoms with Crippen LogP contribution >= 0.6 is 12.2 Å². The van der Waals surface area contributed by atoms with E-state index in [1.807, 2.05) is 13.8 Å². The number of hydrogen-bond donors (Lipinski definition) is 1. The quantitative estimate of drug-likeness (QED) is 0.833. The molecule has 0 fully saturated rings. The topological polar surface area (TPSA) is 63.4 Å². The van der Waals surface area contributed by atoms with Crippen molar-refractivity contribution in [1.29, 1.82) is 0 Å². The largest absolute Gasteiger partial charge is 0.389 e. The van der Waals surface area contributed by atoms with E-state index in [2.05, 4.69) is 0 Å². The van der Waals surface area contributed by atoms with Gasteiger partial charge < -0.3 is 5.73 Å². The second kappa shape index (κ2) is 5.77. The van der Waals surface area contributed by atoms with Crippen molar-refractivity contribution in [2.75, 3.05) is 7.05 Å². The van der Waals surface area contributed by atoms with Gasteiger partial charge in [-0.3, -0.25) is 0 Å². The van der Waals surface area contributed by atoms with E-state index in [9.17, 15) is 8.42 Å². The van der Waals surface area contributed by atoms with Gasteiger partial charge in [0, 0.05) is 18.7 Å². The van der Waals surface area contributed by atoms with Gasteiger partial charge in [0.2, 0.25) is 10.0 Å². The maximum absolute atomic E-state index is 12.2. The van der Waals surface area contributed by atoms with Crippen LogP contribution in [0.1, 0.15) is 25.0 Å². The van der Waals surface area contributed by atoms with Crippen molar-refractivity contribution in [3.8, 4) is 0 Å². The predicted octanol–water partition coefficient (Wildman–Crippen LogP) is 1.49. The third kappa shape index (κ3) is 3.51. The van der Waals surface area contributed by atoms with Gasteiger partial charge in [0.25, 0.3) is 0 Å². The highest BCUT2D eigenvalue weighted by atomic mass is 32.2. The van der Waals surface area contributed by atoms with Gasteiger partial charge in [0.05, 0.1) is 5.75 Å². The number of nitrogens with zero attached hydrogens (tertiary/aromatic N) is 1. The third-order valence-electron chi connectivity index (χ3n) is 2.79. The maximum atomic E-state index is 12.2. The van der Waals surface area contributed by atoms with Gasteiger partial charge in [0.15, 0.2) is 0 Å². The Kier molecular flexibility index (Phi) is 4.84. The molecule has 0 bridgehead atoms. The zero-order chi connectivity index (χ0) is 13.9. The summed E-state index contributed by atoms with van der Waals surface area (Å²) in [5.41, 5.74) is 6.85. The molecule has 0 aliphatic carbocycles. The fourth-order valence-electron chi connectivity index (χ4n) is 1.51. The standard InChI is InChI=1S/C12H18N2O2S2/c1-9(2)14(3)18(15,16)8-10-6-4-5-7-11(10)12(13)17/h4-7,9H,8H2,1-3H3,(H2,13,17). The number of rotatable bonds is 5. The first-order chi connectivity index (χ1) is 8.25. The van der Waals surface area contributed by atoms with Crippen LogP contribution in [-0.2, 0) is 15.8 Å². The first-order valence-corrected chi connectivity index (χ1v) is 7.61. The van der Waals surface area contributed by atoms with Crippen LogP contribution in [0, 0.1) is 0 Å². The van der Waals surface area contributed by atoms with Crippen molar-refractivity contribution in [1.82, 2.24) is 4.31 Å². The molecular formula is C12H18N2O2S2. The number of thiocarbonyl (C=S) groups is 1. The van der Waals surface area contributed by atoms with Crippen molar-refractivity contribution in [3.63, 3.8) is 0 Å². The second-order valence-electron chi connectivity index (χ2n) is 4.39. The highest BCUT2D eigenvalue weighted by Gasteiger charge is 2.22. The van der Waals surface area contributed by atoms with E-state index >= 15 is 0 Å². The zero-order valence-electron chi connectivity index (χ0n) is 10.8. The van der Waals surface area contributed by atoms with Crippen molar-refractivity contribution >= 4 is 27.2 Å². The fraction of sp³-hybridized carbons (Fsp3) is 0.417. The molecule has 1 aromatic rings. The first-order valence-electron chi connectivity index (χ1n) is 5.59. The van der Waals surface area contributed by atoms with Crippen molar-refractivity contribution in [2.24, 2.45) is 5.73 Å². The summed E-state index contributed by atoms with van der Waals surface area (Å²) in [6.07, 6.45) is 0. The van der Waals surface area contributed by atoms with E-state index < -0.39 is 10.0 Å². The molecule has 0 atom stereocenters. The van der Waals surface area contributed by atoms with Crippen LogP contribution in [0.2, 0.25) is 0 Å². The molecule has 1 rings (SSSR count). The van der Waals surface area contributed by atoms with E-state index in [-0.39, 0.29) is 16.8 Å². The summed E-state index contributed by atoms with van der Waals surface area (Å²) in [5, 5.41) is 0. The minimum atomic E-state index is -3.35. The minimum absolute atomic E-state index is 0.0769. The van der Waals surface area contributed by atoms with E-state index in [0.29, 0.717) is 11.1 Å². The van der Waals surface area contributed by atoms with Gasteiger partial charge >= 0.3 is 0 Å². The van der Waals surface area contributed by atoms with E-state index in [1.165, 1.54) is 4.31 Å². The molecule has 0 spiro atoms. The molecule has 0 aromatic heterocycles. The summed E-state index contributed by atoms with van der Waals surface area (Å²) in [6, 6.07) is 6.97. The van der Waals surface area contributed by atoms with Gasteiger partial charge in [-0.1, -0.05) is 36.5 Å². The van der Waals surface area contributed by atoms with Gasteiger partial charge in [-0.05, 0) is 19.4 Å². The van der Waals surface area contributed by atoms with Gasteiger partial charge in [-0.2, -0.15) is 0 Å². The fourth-order valence-corrected chi connectivity index (χ4v) is 3.20. The Hall–Kier alpha value is -0.980. The molecule has 6 heteroatoms. The molecular weight excluding hydrogens is 268 g/mol. The Morgan fingerprint density at radius 2 is 1.94 bits per heavy atom. The average molecular weight is 286 g/mol. The molecule has 0 unspecified atom stereocenters. The Morgan fingerprint density at radius 1 is 1.39 bits per heavy atom. The smallest absolute Gasteiger partial charge is 0.218 e. The molecule has 2 N–H and O–H groups in total. The molecule has 4 nitrogen and oxygen atoms in total. The molecule has 0 saturated carbocycles. The van der Waals surface area contributed by atoms with E-state index in [1.54, 1.807) is 31.3 Å². The molecule has 18 heavy (non-hydrogen) atoms. The molecule has 0 saturated heterocycles. The molecule has 0 aliphatic rings. The summed E-state index contributed by atoms with van der Waals surface area (Å²) in [4.78, 5) is 0.216. The van der Waals surface area contributed by atoms with Crippen molar-refractivity contribution < 1.29 is 8.42 Å². The van der Waals surface area contributed by atoms with Crippen LogP contribution in [-0.4, -0.2) is 30.8 Å². The minimum Gasteiger partial charge on any atom is -0.389 e. The number of nitrogens with two attached hydrogens (primary N) is 1. The lowest BCUT2D eigenvalue weighted by molar-refractivity contribution is 0.410. The van der Waals surface area contributed by atoms with E-state index in [4.69, 9.17) is 18.0 Å². The number of benzene rings is 1. The summed E-state index contributed by atoms with van der Waals surface area (Å²) >= 11 is 4.93. The number of hydrogen-bond acceptors (Lipinski definition) is 3. The lowest BCUT2D eigenvalue weighted by Gasteiger charge is -2.21. The summed E-state index contributed by atoms with van der Waals surface area (Å²) < 4.78 is 25.7. The molecule has 0 heterocycles. The van der Waals surface area contributed by atoms with Crippen LogP contribution in [0.5, 0.6) is 0 Å². The second-order valence-corrected chi connectivity index (χ2v) is 6.86. The SMILES string of the molecule is CC(C)N(C)S(=O)(=O)Cc1ccccc1C(N)=S. The highest BCUT2D eigenvalue weighted by Crippen LogP contribution is 2.16. The van der Waals surface area contributed by atoms with Crippen LogP contribution in [0.25, 0.3) is 0 Å². The normalized spacial score (nSPS) is 12.1. The van der Waals surface area contributed by atoms with Crippen LogP contribution in [0.3, 0.4) is 0 Å². The van der Waals surface area contributed by atoms with Crippen LogP contribution in [0.15, 0.2) is 24.3 Å². The van der Waals surface area contributed by atoms with Crippen LogP contribution in [0.4, 0.5) is 0 Å². The Labute approximate surface area is 114 Å². The Morgan fingerprint density at radius 3 is 2.44 bits per heavy atom. The summed E-state index contributed by atoms with van der Waals surface area (Å²) in [6.45, 7) is 3.66. The van der Waals surface area contributed by atoms with E-state index in [0.717, 1.165) is 0 Å². The van der Waals surface area contributed by atoms with Crippen LogP contribution < -0.4 is 5.73 Å². The molecule has 0 aliphatic heterocycles. The molecule has 0 radical (unpaired) electrons. The lowest BCUT2D eigenvalue weighted by atomic mass is 10.1. The van der Waals surface area contributed by atoms with Gasteiger partial charge in [0.1, 0.15) is 4.99 Å².